The molecule has 1 aliphatic rings. The molecule has 1 aliphatic heterocycles. The van der Waals surface area contributed by atoms with Crippen molar-refractivity contribution < 1.29 is 14.4 Å². The lowest BCUT2D eigenvalue weighted by atomic mass is 10.1. The number of anilines is 2. The zero-order chi connectivity index (χ0) is 25.7. The highest BCUT2D eigenvalue weighted by molar-refractivity contribution is 8.04. The number of carbonyl (C=O) groups is 3. The van der Waals surface area contributed by atoms with Crippen LogP contribution in [0.5, 0.6) is 0 Å². The molecular weight excluding hydrogens is 470 g/mol. The van der Waals surface area contributed by atoms with Crippen molar-refractivity contribution in [3.05, 3.63) is 101 Å². The topological polar surface area (TPSA) is 78.5 Å². The van der Waals surface area contributed by atoms with Crippen molar-refractivity contribution in [3.8, 4) is 0 Å². The molecule has 0 bridgehead atoms. The summed E-state index contributed by atoms with van der Waals surface area (Å²) in [5.74, 6) is -0.705. The highest BCUT2D eigenvalue weighted by Crippen LogP contribution is 2.37. The second-order valence-electron chi connectivity index (χ2n) is 8.93. The largest absolute Gasteiger partial charge is 0.350 e. The quantitative estimate of drug-likeness (QED) is 0.366. The van der Waals surface area contributed by atoms with E-state index < -0.39 is 0 Å². The zero-order valence-electron chi connectivity index (χ0n) is 20.6. The van der Waals surface area contributed by atoms with Gasteiger partial charge in [0.1, 0.15) is 10.6 Å². The van der Waals surface area contributed by atoms with Gasteiger partial charge in [-0.2, -0.15) is 0 Å². The second kappa shape index (κ2) is 11.3. The lowest BCUT2D eigenvalue weighted by Gasteiger charge is -2.19. The molecule has 4 rings (SSSR count). The van der Waals surface area contributed by atoms with Crippen LogP contribution in [0.25, 0.3) is 0 Å². The number of hydrogen-bond donors (Lipinski definition) is 2. The maximum absolute atomic E-state index is 13.1. The number of amides is 3. The number of nitrogens with one attached hydrogen (secondary N) is 2. The second-order valence-corrected chi connectivity index (χ2v) is 10.0. The van der Waals surface area contributed by atoms with Crippen LogP contribution in [0.3, 0.4) is 0 Å². The van der Waals surface area contributed by atoms with Crippen LogP contribution in [-0.4, -0.2) is 28.7 Å². The third-order valence-corrected chi connectivity index (χ3v) is 6.84. The van der Waals surface area contributed by atoms with Gasteiger partial charge >= 0.3 is 0 Å². The molecule has 3 aromatic carbocycles. The standard InChI is InChI=1S/C29H29N3O3S/c1-19(2)32-28(34)26(31-23-12-9-20(3)10-13-23)27(29(32)35)36-24-16-14-22(15-17-24)30-25(33)18-11-21-7-5-4-6-8-21/h4-10,12-17,19,31H,11,18H2,1-3H3,(H,30,33). The van der Waals surface area contributed by atoms with Crippen LogP contribution in [-0.2, 0) is 20.8 Å². The minimum atomic E-state index is -0.333. The van der Waals surface area contributed by atoms with E-state index in [1.54, 1.807) is 12.1 Å². The van der Waals surface area contributed by atoms with Crippen LogP contribution in [0.2, 0.25) is 0 Å². The van der Waals surface area contributed by atoms with E-state index in [1.165, 1.54) is 16.7 Å². The summed E-state index contributed by atoms with van der Waals surface area (Å²) in [5, 5.41) is 6.07. The summed E-state index contributed by atoms with van der Waals surface area (Å²) in [6.07, 6.45) is 1.07. The molecule has 0 saturated heterocycles. The van der Waals surface area contributed by atoms with E-state index in [2.05, 4.69) is 10.6 Å². The predicted octanol–water partition coefficient (Wildman–Crippen LogP) is 5.76. The van der Waals surface area contributed by atoms with Crippen molar-refractivity contribution in [1.29, 1.82) is 0 Å². The van der Waals surface area contributed by atoms with E-state index in [-0.39, 0.29) is 29.5 Å². The van der Waals surface area contributed by atoms with Gasteiger partial charge < -0.3 is 10.6 Å². The third kappa shape index (κ3) is 6.04. The summed E-state index contributed by atoms with van der Waals surface area (Å²) < 4.78 is 0. The Labute approximate surface area is 215 Å². The molecule has 36 heavy (non-hydrogen) atoms. The first-order valence-corrected chi connectivity index (χ1v) is 12.7. The summed E-state index contributed by atoms with van der Waals surface area (Å²) in [5.41, 5.74) is 3.93. The number of hydrogen-bond acceptors (Lipinski definition) is 5. The SMILES string of the molecule is Cc1ccc(NC2=C(Sc3ccc(NC(=O)CCc4ccccc4)cc3)C(=O)N(C(C)C)C2=O)cc1. The smallest absolute Gasteiger partial charge is 0.278 e. The maximum atomic E-state index is 13.1. The van der Waals surface area contributed by atoms with Gasteiger partial charge in [-0.1, -0.05) is 59.8 Å². The van der Waals surface area contributed by atoms with Gasteiger partial charge in [-0.3, -0.25) is 19.3 Å². The highest BCUT2D eigenvalue weighted by atomic mass is 32.2. The van der Waals surface area contributed by atoms with Crippen LogP contribution in [0.4, 0.5) is 11.4 Å². The minimum Gasteiger partial charge on any atom is -0.350 e. The lowest BCUT2D eigenvalue weighted by molar-refractivity contribution is -0.139. The Bertz CT molecular complexity index is 1280. The van der Waals surface area contributed by atoms with Gasteiger partial charge in [-0.15, -0.1) is 0 Å². The van der Waals surface area contributed by atoms with Gasteiger partial charge in [0.05, 0.1) is 0 Å². The Kier molecular flexibility index (Phi) is 7.90. The van der Waals surface area contributed by atoms with Crippen molar-refractivity contribution in [3.63, 3.8) is 0 Å². The highest BCUT2D eigenvalue weighted by Gasteiger charge is 2.40. The fourth-order valence-electron chi connectivity index (χ4n) is 3.83. The van der Waals surface area contributed by atoms with E-state index in [9.17, 15) is 14.4 Å². The van der Waals surface area contributed by atoms with E-state index in [0.717, 1.165) is 21.7 Å². The molecule has 184 valence electrons. The van der Waals surface area contributed by atoms with Crippen LogP contribution in [0.15, 0.2) is 94.4 Å². The van der Waals surface area contributed by atoms with E-state index in [1.807, 2.05) is 87.5 Å². The van der Waals surface area contributed by atoms with Crippen molar-refractivity contribution >= 4 is 40.9 Å². The Hall–Kier alpha value is -3.84. The first-order chi connectivity index (χ1) is 17.3. The van der Waals surface area contributed by atoms with Gasteiger partial charge in [-0.05, 0) is 69.2 Å². The molecule has 7 heteroatoms. The van der Waals surface area contributed by atoms with Crippen molar-refractivity contribution in [1.82, 2.24) is 4.90 Å². The first-order valence-electron chi connectivity index (χ1n) is 11.9. The average Bonchev–Trinajstić information content (AvgIpc) is 3.10. The summed E-state index contributed by atoms with van der Waals surface area (Å²) in [6, 6.07) is 24.6. The minimum absolute atomic E-state index is 0.0595. The van der Waals surface area contributed by atoms with E-state index in [4.69, 9.17) is 0 Å². The van der Waals surface area contributed by atoms with Gasteiger partial charge in [0.25, 0.3) is 11.8 Å². The molecule has 0 aromatic heterocycles. The Morgan fingerprint density at radius 3 is 2.14 bits per heavy atom. The molecule has 0 atom stereocenters. The summed E-state index contributed by atoms with van der Waals surface area (Å²) in [7, 11) is 0. The van der Waals surface area contributed by atoms with Gasteiger partial charge in [-0.25, -0.2) is 0 Å². The average molecular weight is 500 g/mol. The van der Waals surface area contributed by atoms with E-state index >= 15 is 0 Å². The predicted molar refractivity (Wildman–Crippen MR) is 145 cm³/mol. The number of aryl methyl sites for hydroxylation is 2. The van der Waals surface area contributed by atoms with Crippen LogP contribution >= 0.6 is 11.8 Å². The fourth-order valence-corrected chi connectivity index (χ4v) is 4.77. The number of nitrogens with zero attached hydrogens (tertiary/aromatic N) is 1. The number of rotatable bonds is 9. The zero-order valence-corrected chi connectivity index (χ0v) is 21.4. The molecule has 2 N–H and O–H groups in total. The molecule has 0 saturated carbocycles. The van der Waals surface area contributed by atoms with Crippen molar-refractivity contribution in [2.24, 2.45) is 0 Å². The molecule has 3 aromatic rings. The Balaban J connectivity index is 1.46. The molecule has 6 nitrogen and oxygen atoms in total. The molecule has 0 radical (unpaired) electrons. The van der Waals surface area contributed by atoms with Crippen molar-refractivity contribution in [2.75, 3.05) is 10.6 Å². The number of carbonyl (C=O) groups excluding carboxylic acids is 3. The molecular formula is C29H29N3O3S. The third-order valence-electron chi connectivity index (χ3n) is 5.75. The molecule has 0 spiro atoms. The van der Waals surface area contributed by atoms with Gasteiger partial charge in [0.2, 0.25) is 5.91 Å². The number of benzene rings is 3. The Morgan fingerprint density at radius 2 is 1.50 bits per heavy atom. The molecule has 3 amide bonds. The Morgan fingerprint density at radius 1 is 0.861 bits per heavy atom. The lowest BCUT2D eigenvalue weighted by Crippen LogP contribution is -2.38. The van der Waals surface area contributed by atoms with Crippen LogP contribution < -0.4 is 10.6 Å². The van der Waals surface area contributed by atoms with E-state index in [0.29, 0.717) is 23.4 Å². The fraction of sp³-hybridized carbons (Fsp3) is 0.207. The summed E-state index contributed by atoms with van der Waals surface area (Å²) in [4.78, 5) is 41.0. The van der Waals surface area contributed by atoms with Crippen LogP contribution in [0.1, 0.15) is 31.4 Å². The maximum Gasteiger partial charge on any atom is 0.278 e. The van der Waals surface area contributed by atoms with Crippen molar-refractivity contribution in [2.45, 2.75) is 44.6 Å². The first kappa shape index (κ1) is 25.3. The number of imide groups is 1. The number of thioether (sulfide) groups is 1. The van der Waals surface area contributed by atoms with Gasteiger partial charge in [0.15, 0.2) is 0 Å². The summed E-state index contributed by atoms with van der Waals surface area (Å²) >= 11 is 1.24. The summed E-state index contributed by atoms with van der Waals surface area (Å²) in [6.45, 7) is 5.63. The molecule has 0 fully saturated rings. The molecule has 0 aliphatic carbocycles. The normalized spacial score (nSPS) is 13.5. The molecule has 1 heterocycles. The van der Waals surface area contributed by atoms with Gasteiger partial charge in [0, 0.05) is 28.7 Å². The monoisotopic (exact) mass is 499 g/mol. The molecule has 0 unspecified atom stereocenters. The van der Waals surface area contributed by atoms with Crippen LogP contribution in [0, 0.1) is 6.92 Å².